The van der Waals surface area contributed by atoms with E-state index in [-0.39, 0.29) is 29.5 Å². The molecule has 0 bridgehead atoms. The third kappa shape index (κ3) is 6.42. The molecule has 0 spiro atoms. The van der Waals surface area contributed by atoms with Crippen molar-refractivity contribution in [1.29, 1.82) is 0 Å². The quantitative estimate of drug-likeness (QED) is 0.495. The van der Waals surface area contributed by atoms with E-state index in [9.17, 15) is 13.2 Å². The molecule has 1 aliphatic heterocycles. The van der Waals surface area contributed by atoms with Gasteiger partial charge in [-0.3, -0.25) is 0 Å². The molecule has 0 atom stereocenters. The molecule has 4 rings (SSSR count). The Labute approximate surface area is 209 Å². The van der Waals surface area contributed by atoms with Crippen molar-refractivity contribution >= 4 is 17.6 Å². The first-order chi connectivity index (χ1) is 17.0. The van der Waals surface area contributed by atoms with Crippen molar-refractivity contribution in [3.05, 3.63) is 65.2 Å². The first-order valence-electron chi connectivity index (χ1n) is 11.8. The zero-order chi connectivity index (χ0) is 25.9. The molecule has 1 fully saturated rings. The van der Waals surface area contributed by atoms with Crippen LogP contribution in [0.25, 0.3) is 0 Å². The molecule has 0 radical (unpaired) electrons. The highest BCUT2D eigenvalue weighted by Gasteiger charge is 2.33. The predicted molar refractivity (Wildman–Crippen MR) is 134 cm³/mol. The van der Waals surface area contributed by atoms with Crippen LogP contribution >= 0.6 is 0 Å². The molecule has 2 heterocycles. The number of aromatic nitrogens is 3. The zero-order valence-electron chi connectivity index (χ0n) is 20.9. The molecule has 0 saturated carbocycles. The monoisotopic (exact) mass is 500 g/mol. The first kappa shape index (κ1) is 25.7. The van der Waals surface area contributed by atoms with Crippen molar-refractivity contribution in [2.75, 3.05) is 43.4 Å². The maximum absolute atomic E-state index is 13.4. The Morgan fingerprint density at radius 2 is 1.56 bits per heavy atom. The van der Waals surface area contributed by atoms with E-state index in [1.165, 1.54) is 17.7 Å². The Hall–Kier alpha value is -3.40. The number of piperazine rings is 1. The van der Waals surface area contributed by atoms with Crippen molar-refractivity contribution in [3.8, 4) is 6.01 Å². The summed E-state index contributed by atoms with van der Waals surface area (Å²) in [5.74, 6) is 0.688. The Balaban J connectivity index is 1.59. The molecular formula is C26H31F3N6O. The van der Waals surface area contributed by atoms with Gasteiger partial charge < -0.3 is 19.9 Å². The number of halogens is 3. The van der Waals surface area contributed by atoms with Gasteiger partial charge in [-0.1, -0.05) is 51.1 Å². The largest absolute Gasteiger partial charge is 0.458 e. The third-order valence-corrected chi connectivity index (χ3v) is 6.08. The summed E-state index contributed by atoms with van der Waals surface area (Å²) in [5, 5.41) is 3.19. The molecule has 1 aromatic heterocycles. The van der Waals surface area contributed by atoms with Gasteiger partial charge in [0.15, 0.2) is 0 Å². The maximum Gasteiger partial charge on any atom is 0.416 e. The predicted octanol–water partition coefficient (Wildman–Crippen LogP) is 5.26. The van der Waals surface area contributed by atoms with Crippen LogP contribution in [0.4, 0.5) is 30.8 Å². The number of alkyl halides is 3. The highest BCUT2D eigenvalue weighted by Crippen LogP contribution is 2.32. The van der Waals surface area contributed by atoms with Gasteiger partial charge in [0.2, 0.25) is 11.9 Å². The van der Waals surface area contributed by atoms with Gasteiger partial charge in [0.1, 0.15) is 6.61 Å². The van der Waals surface area contributed by atoms with E-state index in [0.717, 1.165) is 37.9 Å². The van der Waals surface area contributed by atoms with Crippen LogP contribution in [0.2, 0.25) is 0 Å². The molecule has 1 saturated heterocycles. The molecule has 0 aliphatic carbocycles. The van der Waals surface area contributed by atoms with Gasteiger partial charge >= 0.3 is 12.2 Å². The normalized spacial score (nSPS) is 15.1. The molecular weight excluding hydrogens is 469 g/mol. The lowest BCUT2D eigenvalue weighted by Gasteiger charge is -2.32. The van der Waals surface area contributed by atoms with E-state index in [1.54, 1.807) is 6.07 Å². The minimum Gasteiger partial charge on any atom is -0.458 e. The van der Waals surface area contributed by atoms with E-state index in [1.807, 2.05) is 36.2 Å². The summed E-state index contributed by atoms with van der Waals surface area (Å²) in [5.41, 5.74) is 1.27. The number of nitrogens with zero attached hydrogens (tertiary/aromatic N) is 5. The summed E-state index contributed by atoms with van der Waals surface area (Å²) in [4.78, 5) is 17.6. The highest BCUT2D eigenvalue weighted by molar-refractivity contribution is 5.55. The number of likely N-dealkylation sites (N-methyl/N-ethyl adjacent to an activating group) is 1. The van der Waals surface area contributed by atoms with E-state index in [0.29, 0.717) is 5.95 Å². The number of hydrogen-bond donors (Lipinski definition) is 1. The molecule has 0 amide bonds. The first-order valence-corrected chi connectivity index (χ1v) is 11.8. The number of anilines is 3. The molecule has 36 heavy (non-hydrogen) atoms. The topological polar surface area (TPSA) is 66.4 Å². The highest BCUT2D eigenvalue weighted by atomic mass is 19.4. The van der Waals surface area contributed by atoms with Gasteiger partial charge in [-0.05, 0) is 36.2 Å². The molecule has 10 heteroatoms. The van der Waals surface area contributed by atoms with Gasteiger partial charge in [-0.25, -0.2) is 0 Å². The Morgan fingerprint density at radius 1 is 0.889 bits per heavy atom. The van der Waals surface area contributed by atoms with E-state index in [4.69, 9.17) is 4.74 Å². The standard InChI is InChI=1S/C26H31F3N6O/c1-25(2,3)19-9-11-20(12-10-19)30-22-31-23(35-15-13-34(4)14-16-35)33-24(32-22)36-17-18-7-5-6-8-21(18)26(27,28)29/h5-12H,13-17H2,1-4H3,(H,30,31,32,33). The van der Waals surface area contributed by atoms with Crippen LogP contribution in [0, 0.1) is 0 Å². The summed E-state index contributed by atoms with van der Waals surface area (Å²) in [6, 6.07) is 13.3. The smallest absolute Gasteiger partial charge is 0.416 e. The molecule has 1 aliphatic rings. The molecule has 2 aromatic carbocycles. The number of nitrogens with one attached hydrogen (secondary N) is 1. The fourth-order valence-electron chi connectivity index (χ4n) is 3.86. The molecule has 192 valence electrons. The van der Waals surface area contributed by atoms with Crippen molar-refractivity contribution in [2.45, 2.75) is 39.0 Å². The van der Waals surface area contributed by atoms with Crippen LogP contribution in [0.3, 0.4) is 0 Å². The van der Waals surface area contributed by atoms with E-state index < -0.39 is 11.7 Å². The van der Waals surface area contributed by atoms with Crippen molar-refractivity contribution in [1.82, 2.24) is 19.9 Å². The number of rotatable bonds is 6. The van der Waals surface area contributed by atoms with Gasteiger partial charge in [0.05, 0.1) is 5.56 Å². The zero-order valence-corrected chi connectivity index (χ0v) is 20.9. The Kier molecular flexibility index (Phi) is 7.35. The van der Waals surface area contributed by atoms with E-state index in [2.05, 4.69) is 45.9 Å². The van der Waals surface area contributed by atoms with Crippen LogP contribution in [-0.2, 0) is 18.2 Å². The fourth-order valence-corrected chi connectivity index (χ4v) is 3.86. The number of benzene rings is 2. The number of hydrogen-bond acceptors (Lipinski definition) is 7. The second-order valence-corrected chi connectivity index (χ2v) is 9.93. The minimum absolute atomic E-state index is 0.0128. The second kappa shape index (κ2) is 10.3. The molecule has 0 unspecified atom stereocenters. The van der Waals surface area contributed by atoms with Gasteiger partial charge in [-0.15, -0.1) is 0 Å². The van der Waals surface area contributed by atoms with Crippen LogP contribution < -0.4 is 15.0 Å². The summed E-state index contributed by atoms with van der Waals surface area (Å²) >= 11 is 0. The lowest BCUT2D eigenvalue weighted by molar-refractivity contribution is -0.138. The van der Waals surface area contributed by atoms with Crippen LogP contribution in [-0.4, -0.2) is 53.1 Å². The van der Waals surface area contributed by atoms with Crippen molar-refractivity contribution in [2.24, 2.45) is 0 Å². The Bertz CT molecular complexity index is 1170. The van der Waals surface area contributed by atoms with Gasteiger partial charge in [0.25, 0.3) is 0 Å². The van der Waals surface area contributed by atoms with Gasteiger partial charge in [0, 0.05) is 37.4 Å². The molecule has 1 N–H and O–H groups in total. The van der Waals surface area contributed by atoms with Crippen molar-refractivity contribution < 1.29 is 17.9 Å². The van der Waals surface area contributed by atoms with Gasteiger partial charge in [-0.2, -0.15) is 28.1 Å². The summed E-state index contributed by atoms with van der Waals surface area (Å²) in [6.45, 7) is 9.24. The second-order valence-electron chi connectivity index (χ2n) is 9.93. The van der Waals surface area contributed by atoms with Crippen LogP contribution in [0.15, 0.2) is 48.5 Å². The number of ether oxygens (including phenoxy) is 1. The average Bonchev–Trinajstić information content (AvgIpc) is 2.82. The maximum atomic E-state index is 13.4. The van der Waals surface area contributed by atoms with Crippen molar-refractivity contribution in [3.63, 3.8) is 0 Å². The lowest BCUT2D eigenvalue weighted by atomic mass is 9.87. The molecule has 7 nitrogen and oxygen atoms in total. The summed E-state index contributed by atoms with van der Waals surface area (Å²) in [6.07, 6.45) is -4.48. The van der Waals surface area contributed by atoms with E-state index >= 15 is 0 Å². The molecule has 3 aromatic rings. The average molecular weight is 501 g/mol. The third-order valence-electron chi connectivity index (χ3n) is 6.08. The Morgan fingerprint density at radius 3 is 2.19 bits per heavy atom. The SMILES string of the molecule is CN1CCN(c2nc(Nc3ccc(C(C)(C)C)cc3)nc(OCc3ccccc3C(F)(F)F)n2)CC1. The summed E-state index contributed by atoms with van der Waals surface area (Å²) in [7, 11) is 2.05. The van der Waals surface area contributed by atoms with Crippen LogP contribution in [0.5, 0.6) is 6.01 Å². The lowest BCUT2D eigenvalue weighted by Crippen LogP contribution is -2.45. The summed E-state index contributed by atoms with van der Waals surface area (Å²) < 4.78 is 45.9. The minimum atomic E-state index is -4.48. The fraction of sp³-hybridized carbons (Fsp3) is 0.423. The van der Waals surface area contributed by atoms with Crippen LogP contribution in [0.1, 0.15) is 37.5 Å².